The highest BCUT2D eigenvalue weighted by atomic mass is 16.5. The molecule has 6 atom stereocenters. The molecule has 0 aromatic heterocycles. The summed E-state index contributed by atoms with van der Waals surface area (Å²) in [7, 11) is 0. The maximum Gasteiger partial charge on any atom is 0.302 e. The zero-order valence-electron chi connectivity index (χ0n) is 15.5. The zero-order chi connectivity index (χ0) is 18.0. The van der Waals surface area contributed by atoms with Crippen molar-refractivity contribution in [3.63, 3.8) is 0 Å². The van der Waals surface area contributed by atoms with Gasteiger partial charge in [-0.05, 0) is 42.9 Å². The largest absolute Gasteiger partial charge is 0.462 e. The second-order valence-corrected chi connectivity index (χ2v) is 9.13. The highest BCUT2D eigenvalue weighted by Crippen LogP contribution is 2.62. The first-order valence-corrected chi connectivity index (χ1v) is 9.68. The summed E-state index contributed by atoms with van der Waals surface area (Å²) >= 11 is 0. The van der Waals surface area contributed by atoms with E-state index in [4.69, 9.17) is 4.74 Å². The van der Waals surface area contributed by atoms with Crippen molar-refractivity contribution in [3.8, 4) is 0 Å². The number of hydrogen-bond acceptors (Lipinski definition) is 4. The summed E-state index contributed by atoms with van der Waals surface area (Å²) in [5, 5.41) is 0. The summed E-state index contributed by atoms with van der Waals surface area (Å²) < 4.78 is 5.44. The van der Waals surface area contributed by atoms with Crippen LogP contribution in [-0.4, -0.2) is 23.6 Å². The van der Waals surface area contributed by atoms with E-state index in [2.05, 4.69) is 13.0 Å². The normalized spacial score (nSPS) is 46.0. The molecule has 25 heavy (non-hydrogen) atoms. The standard InChI is InChI=1S/C21H28O4/c1-12(22)25-14-8-9-20(2)13(10-14)4-5-15-16-6-7-18(24)21(16,3)11-17(23)19(15)20/h4,14-16,19H,5-11H2,1-3H3/t14-,15-,16-,19+,20-,21-/m0/s1. The van der Waals surface area contributed by atoms with Crippen LogP contribution in [0.4, 0.5) is 0 Å². The topological polar surface area (TPSA) is 60.4 Å². The summed E-state index contributed by atoms with van der Waals surface area (Å²) in [6.45, 7) is 5.72. The van der Waals surface area contributed by atoms with Crippen LogP contribution in [0.25, 0.3) is 0 Å². The number of carbonyl (C=O) groups excluding carboxylic acids is 3. The van der Waals surface area contributed by atoms with Gasteiger partial charge in [-0.2, -0.15) is 0 Å². The fourth-order valence-electron chi connectivity index (χ4n) is 6.57. The van der Waals surface area contributed by atoms with Crippen LogP contribution >= 0.6 is 0 Å². The molecule has 0 radical (unpaired) electrons. The van der Waals surface area contributed by atoms with E-state index < -0.39 is 5.41 Å². The average molecular weight is 344 g/mol. The Morgan fingerprint density at radius 3 is 2.68 bits per heavy atom. The van der Waals surface area contributed by atoms with Gasteiger partial charge in [-0.3, -0.25) is 14.4 Å². The van der Waals surface area contributed by atoms with Crippen LogP contribution in [0, 0.1) is 28.6 Å². The predicted octanol–water partition coefficient (Wildman–Crippen LogP) is 3.63. The number of ether oxygens (including phenoxy) is 1. The monoisotopic (exact) mass is 344 g/mol. The third-order valence-corrected chi connectivity index (χ3v) is 7.79. The molecule has 0 spiro atoms. The van der Waals surface area contributed by atoms with E-state index >= 15 is 0 Å². The maximum absolute atomic E-state index is 13.2. The third kappa shape index (κ3) is 2.36. The van der Waals surface area contributed by atoms with Crippen LogP contribution in [0.2, 0.25) is 0 Å². The number of Topliss-reactive ketones (excluding diaryl/α,β-unsaturated/α-hetero) is 2. The lowest BCUT2D eigenvalue weighted by atomic mass is 9.47. The van der Waals surface area contributed by atoms with Gasteiger partial charge in [0.05, 0.1) is 0 Å². The summed E-state index contributed by atoms with van der Waals surface area (Å²) in [6.07, 6.45) is 7.62. The van der Waals surface area contributed by atoms with E-state index in [9.17, 15) is 14.4 Å². The Bertz CT molecular complexity index is 677. The highest BCUT2D eigenvalue weighted by Gasteiger charge is 2.61. The molecular weight excluding hydrogens is 316 g/mol. The van der Waals surface area contributed by atoms with Crippen molar-refractivity contribution >= 4 is 17.5 Å². The van der Waals surface area contributed by atoms with Gasteiger partial charge in [0.2, 0.25) is 0 Å². The number of allylic oxidation sites excluding steroid dienone is 1. The summed E-state index contributed by atoms with van der Waals surface area (Å²) in [6, 6.07) is 0. The number of fused-ring (bicyclic) bond motifs is 5. The predicted molar refractivity (Wildman–Crippen MR) is 92.7 cm³/mol. The van der Waals surface area contributed by atoms with Gasteiger partial charge in [0.25, 0.3) is 0 Å². The van der Waals surface area contributed by atoms with Gasteiger partial charge in [-0.25, -0.2) is 0 Å². The Balaban J connectivity index is 1.66. The molecule has 3 saturated carbocycles. The molecule has 0 saturated heterocycles. The molecule has 136 valence electrons. The van der Waals surface area contributed by atoms with Gasteiger partial charge in [0.1, 0.15) is 17.7 Å². The van der Waals surface area contributed by atoms with Gasteiger partial charge in [0.15, 0.2) is 0 Å². The smallest absolute Gasteiger partial charge is 0.302 e. The van der Waals surface area contributed by atoms with E-state index in [0.717, 1.165) is 32.1 Å². The summed E-state index contributed by atoms with van der Waals surface area (Å²) in [5.74, 6) is 1.05. The fraction of sp³-hybridized carbons (Fsp3) is 0.762. The molecule has 3 fully saturated rings. The Morgan fingerprint density at radius 2 is 1.96 bits per heavy atom. The van der Waals surface area contributed by atoms with Crippen molar-refractivity contribution in [2.24, 2.45) is 28.6 Å². The van der Waals surface area contributed by atoms with Crippen molar-refractivity contribution in [2.75, 3.05) is 0 Å². The minimum absolute atomic E-state index is 0.0368. The Morgan fingerprint density at radius 1 is 1.20 bits per heavy atom. The average Bonchev–Trinajstić information content (AvgIpc) is 2.82. The molecule has 0 heterocycles. The van der Waals surface area contributed by atoms with Crippen LogP contribution in [0.1, 0.15) is 65.7 Å². The van der Waals surface area contributed by atoms with Gasteiger partial charge < -0.3 is 4.74 Å². The molecule has 4 aliphatic carbocycles. The van der Waals surface area contributed by atoms with Crippen LogP contribution in [0.5, 0.6) is 0 Å². The zero-order valence-corrected chi connectivity index (χ0v) is 15.5. The van der Waals surface area contributed by atoms with E-state index in [-0.39, 0.29) is 29.2 Å². The molecule has 0 unspecified atom stereocenters. The van der Waals surface area contributed by atoms with Crippen LogP contribution in [0.15, 0.2) is 11.6 Å². The van der Waals surface area contributed by atoms with Crippen molar-refractivity contribution < 1.29 is 19.1 Å². The molecule has 0 aliphatic heterocycles. The minimum atomic E-state index is -0.422. The molecule has 4 heteroatoms. The van der Waals surface area contributed by atoms with Crippen molar-refractivity contribution in [1.82, 2.24) is 0 Å². The van der Waals surface area contributed by atoms with Gasteiger partial charge in [-0.1, -0.05) is 25.5 Å². The van der Waals surface area contributed by atoms with Crippen molar-refractivity contribution in [1.29, 1.82) is 0 Å². The first kappa shape index (κ1) is 17.0. The van der Waals surface area contributed by atoms with Gasteiger partial charge >= 0.3 is 5.97 Å². The van der Waals surface area contributed by atoms with Crippen LogP contribution in [0.3, 0.4) is 0 Å². The van der Waals surface area contributed by atoms with Crippen LogP contribution in [-0.2, 0) is 19.1 Å². The van der Waals surface area contributed by atoms with Gasteiger partial charge in [0, 0.05) is 37.5 Å². The number of ketones is 2. The first-order valence-electron chi connectivity index (χ1n) is 9.68. The lowest BCUT2D eigenvalue weighted by Crippen LogP contribution is -2.55. The number of rotatable bonds is 1. The van der Waals surface area contributed by atoms with E-state index in [0.29, 0.717) is 30.5 Å². The summed E-state index contributed by atoms with van der Waals surface area (Å²) in [5.41, 5.74) is 0.755. The second-order valence-electron chi connectivity index (χ2n) is 9.13. The number of carbonyl (C=O) groups is 3. The molecular formula is C21H28O4. The quantitative estimate of drug-likeness (QED) is 0.538. The first-order chi connectivity index (χ1) is 11.8. The van der Waals surface area contributed by atoms with Crippen molar-refractivity contribution in [3.05, 3.63) is 11.6 Å². The Hall–Kier alpha value is -1.45. The molecule has 0 N–H and O–H groups in total. The number of hydrogen-bond donors (Lipinski definition) is 0. The molecule has 0 amide bonds. The van der Waals surface area contributed by atoms with E-state index in [1.807, 2.05) is 6.92 Å². The molecule has 0 aromatic carbocycles. The van der Waals surface area contributed by atoms with E-state index in [1.54, 1.807) is 0 Å². The SMILES string of the molecule is CC(=O)O[C@H]1CC[C@@]2(C)C(=CC[C@@H]3[C@@H]2C(=O)C[C@]2(C)C(=O)CC[C@@H]32)C1. The van der Waals surface area contributed by atoms with Crippen LogP contribution < -0.4 is 0 Å². The lowest BCUT2D eigenvalue weighted by molar-refractivity contribution is -0.153. The van der Waals surface area contributed by atoms with Gasteiger partial charge in [-0.15, -0.1) is 0 Å². The minimum Gasteiger partial charge on any atom is -0.462 e. The lowest BCUT2D eigenvalue weighted by Gasteiger charge is -2.55. The number of esters is 1. The molecule has 4 rings (SSSR count). The maximum atomic E-state index is 13.2. The summed E-state index contributed by atoms with van der Waals surface area (Å²) in [4.78, 5) is 36.9. The van der Waals surface area contributed by atoms with E-state index in [1.165, 1.54) is 12.5 Å². The molecule has 4 aliphatic rings. The van der Waals surface area contributed by atoms with Crippen molar-refractivity contribution in [2.45, 2.75) is 71.8 Å². The molecule has 0 aromatic rings. The molecule has 0 bridgehead atoms. The fourth-order valence-corrected chi connectivity index (χ4v) is 6.57. The third-order valence-electron chi connectivity index (χ3n) is 7.79. The second kappa shape index (κ2) is 5.52. The molecule has 4 nitrogen and oxygen atoms in total. The Labute approximate surface area is 149 Å². The Kier molecular flexibility index (Phi) is 3.75. The highest BCUT2D eigenvalue weighted by molar-refractivity contribution is 5.95.